The summed E-state index contributed by atoms with van der Waals surface area (Å²) in [7, 11) is 1.56. The number of methoxy groups -OCH3 is 1. The highest BCUT2D eigenvalue weighted by Gasteiger charge is 2.39. The summed E-state index contributed by atoms with van der Waals surface area (Å²) in [5, 5.41) is 0. The van der Waals surface area contributed by atoms with Crippen molar-refractivity contribution in [2.24, 2.45) is 0 Å². The molecule has 0 saturated heterocycles. The number of carbonyl (C=O) groups is 2. The number of esters is 2. The molecule has 0 amide bonds. The van der Waals surface area contributed by atoms with Gasteiger partial charge in [0.05, 0.1) is 18.2 Å². The molecule has 3 aromatic carbocycles. The van der Waals surface area contributed by atoms with Crippen LogP contribution in [0, 0.1) is 5.82 Å². The van der Waals surface area contributed by atoms with Crippen LogP contribution in [0.25, 0.3) is 11.1 Å². The highest BCUT2D eigenvalue weighted by molar-refractivity contribution is 5.92. The summed E-state index contributed by atoms with van der Waals surface area (Å²) in [6.45, 7) is 0.631. The highest BCUT2D eigenvalue weighted by atomic mass is 19.4. The highest BCUT2D eigenvalue weighted by Crippen LogP contribution is 2.26. The van der Waals surface area contributed by atoms with E-state index in [0.717, 1.165) is 29.3 Å². The SMILES string of the molecule is COc1ccc(-c2ccc(C(=O)Oc3ccc(C(=O)OC(C)C(F)(F)F)c(F)c3)cc2)cc1. The topological polar surface area (TPSA) is 61.8 Å². The van der Waals surface area contributed by atoms with Crippen LogP contribution in [-0.2, 0) is 4.74 Å². The Hall–Kier alpha value is -3.88. The van der Waals surface area contributed by atoms with Crippen LogP contribution in [0.3, 0.4) is 0 Å². The second kappa shape index (κ2) is 9.72. The third-order valence-corrected chi connectivity index (χ3v) is 4.66. The predicted molar refractivity (Wildman–Crippen MR) is 111 cm³/mol. The average Bonchev–Trinajstić information content (AvgIpc) is 2.78. The quantitative estimate of drug-likeness (QED) is 0.262. The molecule has 3 aromatic rings. The van der Waals surface area contributed by atoms with Crippen LogP contribution >= 0.6 is 0 Å². The van der Waals surface area contributed by atoms with E-state index >= 15 is 0 Å². The van der Waals surface area contributed by atoms with Crippen molar-refractivity contribution in [3.8, 4) is 22.6 Å². The summed E-state index contributed by atoms with van der Waals surface area (Å²) in [4.78, 5) is 24.1. The van der Waals surface area contributed by atoms with E-state index in [9.17, 15) is 27.2 Å². The first-order valence-corrected chi connectivity index (χ1v) is 9.62. The fourth-order valence-corrected chi connectivity index (χ4v) is 2.76. The van der Waals surface area contributed by atoms with Crippen molar-refractivity contribution in [2.45, 2.75) is 19.2 Å². The van der Waals surface area contributed by atoms with Gasteiger partial charge in [-0.3, -0.25) is 0 Å². The van der Waals surface area contributed by atoms with Gasteiger partial charge in [0, 0.05) is 6.07 Å². The Balaban J connectivity index is 1.67. The van der Waals surface area contributed by atoms with Gasteiger partial charge in [0.2, 0.25) is 0 Å². The van der Waals surface area contributed by atoms with Crippen molar-refractivity contribution in [1.29, 1.82) is 0 Å². The van der Waals surface area contributed by atoms with Gasteiger partial charge in [-0.25, -0.2) is 14.0 Å². The smallest absolute Gasteiger partial charge is 0.425 e. The van der Waals surface area contributed by atoms with Crippen molar-refractivity contribution >= 4 is 11.9 Å². The first-order chi connectivity index (χ1) is 15.6. The molecule has 33 heavy (non-hydrogen) atoms. The zero-order chi connectivity index (χ0) is 24.2. The van der Waals surface area contributed by atoms with Crippen molar-refractivity contribution in [3.63, 3.8) is 0 Å². The molecule has 0 aliphatic carbocycles. The molecule has 0 bridgehead atoms. The molecule has 0 fully saturated rings. The average molecular weight is 462 g/mol. The van der Waals surface area contributed by atoms with Crippen LogP contribution in [-0.4, -0.2) is 31.3 Å². The van der Waals surface area contributed by atoms with E-state index in [-0.39, 0.29) is 11.3 Å². The zero-order valence-electron chi connectivity index (χ0n) is 17.5. The summed E-state index contributed by atoms with van der Waals surface area (Å²) in [6, 6.07) is 16.5. The lowest BCUT2D eigenvalue weighted by molar-refractivity contribution is -0.198. The lowest BCUT2D eigenvalue weighted by atomic mass is 10.0. The van der Waals surface area contributed by atoms with Crippen LogP contribution in [0.2, 0.25) is 0 Å². The Morgan fingerprint density at radius 3 is 1.88 bits per heavy atom. The monoisotopic (exact) mass is 462 g/mol. The van der Waals surface area contributed by atoms with Crippen molar-refractivity contribution in [1.82, 2.24) is 0 Å². The van der Waals surface area contributed by atoms with Crippen LogP contribution < -0.4 is 9.47 Å². The molecule has 0 aliphatic rings. The Labute approximate surface area is 186 Å². The number of hydrogen-bond donors (Lipinski definition) is 0. The van der Waals surface area contributed by atoms with Gasteiger partial charge in [0.25, 0.3) is 0 Å². The number of benzene rings is 3. The van der Waals surface area contributed by atoms with Gasteiger partial charge in [-0.15, -0.1) is 0 Å². The minimum atomic E-state index is -4.77. The molecular formula is C24H18F4O5. The second-order valence-electron chi connectivity index (χ2n) is 6.93. The number of alkyl halides is 3. The summed E-state index contributed by atoms with van der Waals surface area (Å²) in [6.07, 6.45) is -7.17. The van der Waals surface area contributed by atoms with Gasteiger partial charge in [0.15, 0.2) is 6.10 Å². The Morgan fingerprint density at radius 1 is 0.818 bits per heavy atom. The van der Waals surface area contributed by atoms with E-state index < -0.39 is 35.6 Å². The molecule has 5 nitrogen and oxygen atoms in total. The molecule has 0 aliphatic heterocycles. The van der Waals surface area contributed by atoms with Crippen LogP contribution in [0.5, 0.6) is 11.5 Å². The maximum Gasteiger partial charge on any atom is 0.425 e. The largest absolute Gasteiger partial charge is 0.497 e. The van der Waals surface area contributed by atoms with Crippen LogP contribution in [0.15, 0.2) is 66.7 Å². The molecule has 0 spiro atoms. The van der Waals surface area contributed by atoms with Gasteiger partial charge < -0.3 is 14.2 Å². The molecule has 0 saturated carbocycles. The summed E-state index contributed by atoms with van der Waals surface area (Å²) in [5.74, 6) is -2.96. The fourth-order valence-electron chi connectivity index (χ4n) is 2.76. The van der Waals surface area contributed by atoms with E-state index in [1.54, 1.807) is 31.4 Å². The summed E-state index contributed by atoms with van der Waals surface area (Å²) >= 11 is 0. The molecule has 0 radical (unpaired) electrons. The third-order valence-electron chi connectivity index (χ3n) is 4.66. The van der Waals surface area contributed by atoms with Gasteiger partial charge in [-0.2, -0.15) is 13.2 Å². The molecule has 9 heteroatoms. The first kappa shape index (κ1) is 23.8. The van der Waals surface area contributed by atoms with E-state index in [1.165, 1.54) is 12.1 Å². The minimum Gasteiger partial charge on any atom is -0.497 e. The number of hydrogen-bond acceptors (Lipinski definition) is 5. The Morgan fingerprint density at radius 2 is 1.36 bits per heavy atom. The Bertz CT molecular complexity index is 1140. The molecule has 1 atom stereocenters. The minimum absolute atomic E-state index is 0.190. The second-order valence-corrected chi connectivity index (χ2v) is 6.93. The van der Waals surface area contributed by atoms with E-state index in [2.05, 4.69) is 4.74 Å². The molecule has 0 N–H and O–H groups in total. The van der Waals surface area contributed by atoms with Crippen molar-refractivity contribution in [3.05, 3.63) is 83.7 Å². The lowest BCUT2D eigenvalue weighted by Gasteiger charge is -2.16. The normalized spacial score (nSPS) is 12.1. The number of carbonyl (C=O) groups excluding carboxylic acids is 2. The number of halogens is 4. The predicted octanol–water partition coefficient (Wildman–Crippen LogP) is 5.83. The molecule has 0 heterocycles. The van der Waals surface area contributed by atoms with E-state index in [0.29, 0.717) is 12.7 Å². The molecule has 0 aromatic heterocycles. The van der Waals surface area contributed by atoms with Crippen molar-refractivity contribution < 1.29 is 41.4 Å². The molecular weight excluding hydrogens is 444 g/mol. The fraction of sp³-hybridized carbons (Fsp3) is 0.167. The Kier molecular flexibility index (Phi) is 7.01. The van der Waals surface area contributed by atoms with Gasteiger partial charge in [0.1, 0.15) is 17.3 Å². The number of ether oxygens (including phenoxy) is 3. The molecule has 3 rings (SSSR count). The van der Waals surface area contributed by atoms with E-state index in [1.807, 2.05) is 12.1 Å². The summed E-state index contributed by atoms with van der Waals surface area (Å²) in [5.41, 5.74) is 1.22. The van der Waals surface area contributed by atoms with Gasteiger partial charge >= 0.3 is 18.1 Å². The van der Waals surface area contributed by atoms with Crippen LogP contribution in [0.1, 0.15) is 27.6 Å². The van der Waals surface area contributed by atoms with Gasteiger partial charge in [-0.1, -0.05) is 24.3 Å². The maximum atomic E-state index is 14.2. The zero-order valence-corrected chi connectivity index (χ0v) is 17.5. The van der Waals surface area contributed by atoms with Gasteiger partial charge in [-0.05, 0) is 54.4 Å². The standard InChI is InChI=1S/C24H18F4O5/c1-14(24(26,27)28)32-23(30)20-12-11-19(13-21(20)25)33-22(29)17-5-3-15(4-6-17)16-7-9-18(31-2)10-8-16/h3-14H,1-2H3. The van der Waals surface area contributed by atoms with Crippen molar-refractivity contribution in [2.75, 3.05) is 7.11 Å². The molecule has 172 valence electrons. The first-order valence-electron chi connectivity index (χ1n) is 9.62. The number of rotatable bonds is 6. The van der Waals surface area contributed by atoms with E-state index in [4.69, 9.17) is 9.47 Å². The van der Waals surface area contributed by atoms with Crippen LogP contribution in [0.4, 0.5) is 17.6 Å². The maximum absolute atomic E-state index is 14.2. The lowest BCUT2D eigenvalue weighted by Crippen LogP contribution is -2.31. The molecule has 1 unspecified atom stereocenters. The third kappa shape index (κ3) is 5.88. The summed E-state index contributed by atoms with van der Waals surface area (Å²) < 4.78 is 66.2.